The van der Waals surface area contributed by atoms with Crippen LogP contribution in [0, 0.1) is 5.92 Å². The predicted octanol–water partition coefficient (Wildman–Crippen LogP) is 3.88. The van der Waals surface area contributed by atoms with Crippen LogP contribution in [0.25, 0.3) is 10.9 Å². The molecule has 0 saturated carbocycles. The number of unbranched alkanes of at least 4 members (excludes halogenated alkanes) is 2. The van der Waals surface area contributed by atoms with Gasteiger partial charge in [0.1, 0.15) is 23.9 Å². The van der Waals surface area contributed by atoms with Gasteiger partial charge in [0, 0.05) is 50.0 Å². The molecule has 2 aromatic rings. The molecule has 2 aliphatic heterocycles. The molecule has 240 valence electrons. The highest BCUT2D eigenvalue weighted by Gasteiger charge is 2.43. The third-order valence-electron chi connectivity index (χ3n) is 9.40. The van der Waals surface area contributed by atoms with Crippen LogP contribution in [-0.2, 0) is 30.4 Å². The lowest BCUT2D eigenvalue weighted by Gasteiger charge is -2.40. The maximum Gasteiger partial charge on any atom is 0.246 e. The number of H-pyrrole nitrogens is 1. The van der Waals surface area contributed by atoms with E-state index in [1.54, 1.807) is 9.80 Å². The molecule has 3 heterocycles. The number of aromatic nitrogens is 1. The summed E-state index contributed by atoms with van der Waals surface area (Å²) in [5.74, 6) is -0.996. The van der Waals surface area contributed by atoms with Crippen LogP contribution < -0.4 is 10.6 Å². The molecular weight excluding hydrogens is 558 g/mol. The van der Waals surface area contributed by atoms with Crippen molar-refractivity contribution in [2.24, 2.45) is 5.92 Å². The Balaban J connectivity index is 1.67. The molecule has 44 heavy (non-hydrogen) atoms. The van der Waals surface area contributed by atoms with Gasteiger partial charge in [-0.1, -0.05) is 58.2 Å². The van der Waals surface area contributed by atoms with Gasteiger partial charge in [0.15, 0.2) is 0 Å². The van der Waals surface area contributed by atoms with E-state index in [1.165, 1.54) is 6.92 Å². The van der Waals surface area contributed by atoms with Crippen LogP contribution in [-0.4, -0.2) is 81.5 Å². The first kappa shape index (κ1) is 33.2. The van der Waals surface area contributed by atoms with E-state index in [9.17, 15) is 24.0 Å². The van der Waals surface area contributed by atoms with Crippen LogP contribution in [0.15, 0.2) is 30.5 Å². The number of nitrogens with zero attached hydrogens (tertiary/aromatic N) is 2. The standard InChI is InChI=1S/C34H49N5O5/c1-5-22(3)31-34(44)38-18-12-17-30(38)33(43)37-29(16-9-7-8-13-26(41)6-2)32(42)36-25(21-39(31)23(4)40)19-24-20-35-28-15-11-10-14-27(24)28/h10-11,14-15,20,22,25,29-31,35H,5-9,12-13,16-19,21H2,1-4H3,(H,36,42)(H,37,43)/t22?,25-,29+,30+,31-/m0/s1. The number of fused-ring (bicyclic) bond motifs is 2. The topological polar surface area (TPSA) is 132 Å². The first-order valence-corrected chi connectivity index (χ1v) is 16.4. The van der Waals surface area contributed by atoms with Gasteiger partial charge in [0.2, 0.25) is 23.6 Å². The third kappa shape index (κ3) is 7.87. The molecule has 0 bridgehead atoms. The summed E-state index contributed by atoms with van der Waals surface area (Å²) in [6, 6.07) is 5.22. The second-order valence-electron chi connectivity index (χ2n) is 12.5. The summed E-state index contributed by atoms with van der Waals surface area (Å²) >= 11 is 0. The number of amides is 4. The van der Waals surface area contributed by atoms with E-state index in [4.69, 9.17) is 0 Å². The highest BCUT2D eigenvalue weighted by atomic mass is 16.2. The summed E-state index contributed by atoms with van der Waals surface area (Å²) < 4.78 is 0. The van der Waals surface area contributed by atoms with Gasteiger partial charge in [0.05, 0.1) is 6.04 Å². The Morgan fingerprint density at radius 3 is 2.52 bits per heavy atom. The van der Waals surface area contributed by atoms with Crippen LogP contribution in [0.3, 0.4) is 0 Å². The number of Topliss-reactive ketones (excluding diaryl/α,β-unsaturated/α-hetero) is 1. The number of carbonyl (C=O) groups is 5. The quantitative estimate of drug-likeness (QED) is 0.334. The molecule has 10 heteroatoms. The lowest BCUT2D eigenvalue weighted by molar-refractivity contribution is -0.151. The van der Waals surface area contributed by atoms with Gasteiger partial charge in [-0.2, -0.15) is 0 Å². The molecule has 4 rings (SSSR count). The van der Waals surface area contributed by atoms with Crippen LogP contribution in [0.4, 0.5) is 0 Å². The number of benzene rings is 1. The van der Waals surface area contributed by atoms with Crippen molar-refractivity contribution >= 4 is 40.3 Å². The molecule has 2 saturated heterocycles. The van der Waals surface area contributed by atoms with Gasteiger partial charge in [-0.15, -0.1) is 0 Å². The van der Waals surface area contributed by atoms with Crippen LogP contribution in [0.1, 0.15) is 91.0 Å². The van der Waals surface area contributed by atoms with Gasteiger partial charge < -0.3 is 25.4 Å². The maximum absolute atomic E-state index is 14.2. The largest absolute Gasteiger partial charge is 0.361 e. The first-order chi connectivity index (χ1) is 21.1. The maximum atomic E-state index is 14.2. The monoisotopic (exact) mass is 607 g/mol. The van der Waals surface area contributed by atoms with Crippen molar-refractivity contribution in [2.45, 2.75) is 116 Å². The highest BCUT2D eigenvalue weighted by molar-refractivity contribution is 5.95. The summed E-state index contributed by atoms with van der Waals surface area (Å²) in [6.07, 6.45) is 7.88. The van der Waals surface area contributed by atoms with E-state index in [0.29, 0.717) is 57.9 Å². The number of aromatic amines is 1. The number of hydrogen-bond acceptors (Lipinski definition) is 5. The van der Waals surface area contributed by atoms with Crippen LogP contribution in [0.2, 0.25) is 0 Å². The minimum absolute atomic E-state index is 0.143. The molecule has 5 atom stereocenters. The molecule has 1 unspecified atom stereocenters. The van der Waals surface area contributed by atoms with Crippen molar-refractivity contribution in [1.29, 1.82) is 0 Å². The number of carbonyl (C=O) groups excluding carboxylic acids is 5. The first-order valence-electron chi connectivity index (χ1n) is 16.4. The van der Waals surface area contributed by atoms with E-state index >= 15 is 0 Å². The molecule has 2 aliphatic rings. The summed E-state index contributed by atoms with van der Waals surface area (Å²) in [6.45, 7) is 7.90. The number of ketones is 1. The Morgan fingerprint density at radius 2 is 1.80 bits per heavy atom. The number of para-hydroxylation sites is 1. The Bertz CT molecular complexity index is 1340. The summed E-state index contributed by atoms with van der Waals surface area (Å²) in [4.78, 5) is 73.3. The molecule has 0 aliphatic carbocycles. The van der Waals surface area contributed by atoms with Gasteiger partial charge in [-0.05, 0) is 49.7 Å². The van der Waals surface area contributed by atoms with E-state index in [0.717, 1.165) is 29.3 Å². The average Bonchev–Trinajstić information content (AvgIpc) is 3.66. The van der Waals surface area contributed by atoms with Gasteiger partial charge in [0.25, 0.3) is 0 Å². The van der Waals surface area contributed by atoms with Crippen molar-refractivity contribution in [3.05, 3.63) is 36.0 Å². The second kappa shape index (κ2) is 15.3. The van der Waals surface area contributed by atoms with E-state index in [2.05, 4.69) is 15.6 Å². The molecule has 3 N–H and O–H groups in total. The highest BCUT2D eigenvalue weighted by Crippen LogP contribution is 2.27. The predicted molar refractivity (Wildman–Crippen MR) is 170 cm³/mol. The molecule has 10 nitrogen and oxygen atoms in total. The second-order valence-corrected chi connectivity index (χ2v) is 12.5. The number of hydrogen-bond donors (Lipinski definition) is 3. The lowest BCUT2D eigenvalue weighted by Crippen LogP contribution is -2.62. The van der Waals surface area contributed by atoms with Crippen molar-refractivity contribution in [1.82, 2.24) is 25.4 Å². The summed E-state index contributed by atoms with van der Waals surface area (Å²) in [7, 11) is 0. The normalized spacial score (nSPS) is 23.9. The molecule has 4 amide bonds. The van der Waals surface area contributed by atoms with Crippen LogP contribution >= 0.6 is 0 Å². The van der Waals surface area contributed by atoms with E-state index in [-0.39, 0.29) is 41.9 Å². The van der Waals surface area contributed by atoms with Crippen LogP contribution in [0.5, 0.6) is 0 Å². The number of nitrogens with one attached hydrogen (secondary N) is 3. The number of rotatable bonds is 11. The third-order valence-corrected chi connectivity index (χ3v) is 9.40. The van der Waals surface area contributed by atoms with Gasteiger partial charge in [-0.3, -0.25) is 24.0 Å². The molecule has 0 radical (unpaired) electrons. The summed E-state index contributed by atoms with van der Waals surface area (Å²) in [5, 5.41) is 7.19. The zero-order valence-corrected chi connectivity index (χ0v) is 26.7. The molecule has 1 aromatic carbocycles. The fourth-order valence-corrected chi connectivity index (χ4v) is 6.65. The van der Waals surface area contributed by atoms with Gasteiger partial charge in [-0.25, -0.2) is 0 Å². The molecular formula is C34H49N5O5. The average molecular weight is 608 g/mol. The van der Waals surface area contributed by atoms with Gasteiger partial charge >= 0.3 is 0 Å². The molecule has 2 fully saturated rings. The van der Waals surface area contributed by atoms with Crippen molar-refractivity contribution in [2.75, 3.05) is 13.1 Å². The van der Waals surface area contributed by atoms with E-state index < -0.39 is 24.2 Å². The Hall–Kier alpha value is -3.69. The molecule has 1 aromatic heterocycles. The fraction of sp³-hybridized carbons (Fsp3) is 0.618. The van der Waals surface area contributed by atoms with Crippen molar-refractivity contribution in [3.8, 4) is 0 Å². The molecule has 0 spiro atoms. The SMILES string of the molecule is CCC(=O)CCCCC[C@H]1NC(=O)[C@H]2CCCN2C(=O)[C@H](C(C)CC)N(C(C)=O)C[C@H](Cc2c[nH]c3ccccc23)NC1=O. The Morgan fingerprint density at radius 1 is 1.02 bits per heavy atom. The zero-order valence-electron chi connectivity index (χ0n) is 26.7. The minimum atomic E-state index is -0.789. The lowest BCUT2D eigenvalue weighted by atomic mass is 9.94. The van der Waals surface area contributed by atoms with Crippen molar-refractivity contribution < 1.29 is 24.0 Å². The smallest absolute Gasteiger partial charge is 0.246 e. The Labute approximate surface area is 260 Å². The Kier molecular flexibility index (Phi) is 11.6. The zero-order chi connectivity index (χ0) is 31.8. The minimum Gasteiger partial charge on any atom is -0.361 e. The summed E-state index contributed by atoms with van der Waals surface area (Å²) in [5.41, 5.74) is 1.97. The van der Waals surface area contributed by atoms with Crippen molar-refractivity contribution in [3.63, 3.8) is 0 Å². The fourth-order valence-electron chi connectivity index (χ4n) is 6.65. The van der Waals surface area contributed by atoms with E-state index in [1.807, 2.05) is 51.2 Å².